The topological polar surface area (TPSA) is 55.0 Å². The Balaban J connectivity index is 2.07. The number of hydrogen-bond acceptors (Lipinski definition) is 4. The molecule has 98 valence electrons. The first-order chi connectivity index (χ1) is 8.50. The van der Waals surface area contributed by atoms with Gasteiger partial charge in [0, 0.05) is 25.2 Å². The highest BCUT2D eigenvalue weighted by atomic mass is 19.4. The van der Waals surface area contributed by atoms with Crippen LogP contribution in [0.1, 0.15) is 12.1 Å². The van der Waals surface area contributed by atoms with E-state index in [0.29, 0.717) is 24.6 Å². The van der Waals surface area contributed by atoms with Gasteiger partial charge in [-0.2, -0.15) is 13.2 Å². The van der Waals surface area contributed by atoms with E-state index in [-0.39, 0.29) is 13.0 Å². The largest absolute Gasteiger partial charge is 0.412 e. The van der Waals surface area contributed by atoms with Gasteiger partial charge in [-0.25, -0.2) is 4.98 Å². The molecule has 0 aromatic carbocycles. The summed E-state index contributed by atoms with van der Waals surface area (Å²) in [6.45, 7) is 0.791. The van der Waals surface area contributed by atoms with Crippen molar-refractivity contribution in [3.63, 3.8) is 0 Å². The van der Waals surface area contributed by atoms with Gasteiger partial charge < -0.3 is 10.6 Å². The minimum Gasteiger partial charge on any atom is -0.351 e. The van der Waals surface area contributed by atoms with Crippen molar-refractivity contribution in [1.29, 1.82) is 0 Å². The Kier molecular flexibility index (Phi) is 3.51. The summed E-state index contributed by atoms with van der Waals surface area (Å²) in [5, 5.41) is 0. The lowest BCUT2D eigenvalue weighted by Crippen LogP contribution is -2.32. The molecule has 0 bridgehead atoms. The first kappa shape index (κ1) is 12.8. The summed E-state index contributed by atoms with van der Waals surface area (Å²) >= 11 is 0. The number of nitrogens with two attached hydrogens (primary N) is 1. The number of alkyl halides is 3. The second-order valence-electron chi connectivity index (χ2n) is 3.99. The number of anilines is 1. The van der Waals surface area contributed by atoms with Crippen LogP contribution in [-0.2, 0) is 6.54 Å². The summed E-state index contributed by atoms with van der Waals surface area (Å²) < 4.78 is 37.3. The Morgan fingerprint density at radius 3 is 2.50 bits per heavy atom. The fraction of sp³-hybridized carbons (Fsp3) is 0.455. The average molecular weight is 258 g/mol. The molecular formula is C11H13F3N4. The van der Waals surface area contributed by atoms with Gasteiger partial charge in [0.2, 0.25) is 0 Å². The van der Waals surface area contributed by atoms with Crippen molar-refractivity contribution in [3.05, 3.63) is 29.7 Å². The molecule has 18 heavy (non-hydrogen) atoms. The van der Waals surface area contributed by atoms with Crippen molar-refractivity contribution in [2.75, 3.05) is 18.0 Å². The van der Waals surface area contributed by atoms with Crippen molar-refractivity contribution in [2.45, 2.75) is 19.1 Å². The first-order valence-corrected chi connectivity index (χ1v) is 5.53. The molecule has 0 amide bonds. The minimum atomic E-state index is -4.22. The zero-order valence-corrected chi connectivity index (χ0v) is 9.61. The minimum absolute atomic E-state index is 0.0240. The lowest BCUT2D eigenvalue weighted by atomic mass is 10.1. The third kappa shape index (κ3) is 2.79. The van der Waals surface area contributed by atoms with Crippen LogP contribution in [0.2, 0.25) is 0 Å². The Hall–Kier alpha value is -1.63. The molecule has 1 aliphatic heterocycles. The van der Waals surface area contributed by atoms with E-state index in [1.165, 1.54) is 12.3 Å². The van der Waals surface area contributed by atoms with Crippen molar-refractivity contribution in [3.8, 4) is 0 Å². The molecule has 1 aromatic heterocycles. The molecule has 0 saturated heterocycles. The monoisotopic (exact) mass is 258 g/mol. The molecule has 1 aromatic rings. The Morgan fingerprint density at radius 1 is 1.28 bits per heavy atom. The van der Waals surface area contributed by atoms with Gasteiger partial charge in [-0.3, -0.25) is 4.98 Å². The fourth-order valence-electron chi connectivity index (χ4n) is 1.75. The first-order valence-electron chi connectivity index (χ1n) is 5.53. The summed E-state index contributed by atoms with van der Waals surface area (Å²) in [4.78, 5) is 9.95. The zero-order valence-electron chi connectivity index (χ0n) is 9.61. The summed E-state index contributed by atoms with van der Waals surface area (Å²) in [6.07, 6.45) is 0.0277. The predicted molar refractivity (Wildman–Crippen MR) is 60.9 cm³/mol. The van der Waals surface area contributed by atoms with E-state index >= 15 is 0 Å². The SMILES string of the molecule is NCc1cnc(N2CC=C(C(F)(F)F)CC2)cn1. The van der Waals surface area contributed by atoms with E-state index in [1.807, 2.05) is 0 Å². The third-order valence-corrected chi connectivity index (χ3v) is 2.80. The molecule has 4 nitrogen and oxygen atoms in total. The van der Waals surface area contributed by atoms with Gasteiger partial charge in [0.25, 0.3) is 0 Å². The van der Waals surface area contributed by atoms with Gasteiger partial charge in [-0.15, -0.1) is 0 Å². The molecule has 0 aliphatic carbocycles. The van der Waals surface area contributed by atoms with Gasteiger partial charge in [-0.05, 0) is 6.42 Å². The van der Waals surface area contributed by atoms with Gasteiger partial charge in [-0.1, -0.05) is 6.08 Å². The summed E-state index contributed by atoms with van der Waals surface area (Å²) in [6, 6.07) is 0. The third-order valence-electron chi connectivity index (χ3n) is 2.80. The van der Waals surface area contributed by atoms with E-state index in [9.17, 15) is 13.2 Å². The molecule has 0 fully saturated rings. The molecule has 2 N–H and O–H groups in total. The second kappa shape index (κ2) is 4.93. The lowest BCUT2D eigenvalue weighted by Gasteiger charge is -2.27. The van der Waals surface area contributed by atoms with Crippen LogP contribution in [0.4, 0.5) is 19.0 Å². The van der Waals surface area contributed by atoms with Crippen LogP contribution < -0.4 is 10.6 Å². The van der Waals surface area contributed by atoms with Crippen LogP contribution in [0.15, 0.2) is 24.0 Å². The summed E-state index contributed by atoms with van der Waals surface area (Å²) in [5.74, 6) is 0.574. The highest BCUT2D eigenvalue weighted by molar-refractivity contribution is 5.39. The Bertz CT molecular complexity index is 439. The maximum absolute atomic E-state index is 12.4. The maximum Gasteiger partial charge on any atom is 0.412 e. The number of rotatable bonds is 2. The maximum atomic E-state index is 12.4. The Labute approximate surface area is 102 Å². The molecule has 2 heterocycles. The number of aromatic nitrogens is 2. The van der Waals surface area contributed by atoms with Gasteiger partial charge in [0.1, 0.15) is 5.82 Å². The Morgan fingerprint density at radius 2 is 2.06 bits per heavy atom. The molecule has 1 aliphatic rings. The number of halogens is 3. The van der Waals surface area contributed by atoms with Gasteiger partial charge in [0.15, 0.2) is 0 Å². The molecule has 0 spiro atoms. The van der Waals surface area contributed by atoms with E-state index in [4.69, 9.17) is 5.73 Å². The average Bonchev–Trinajstić information content (AvgIpc) is 2.38. The smallest absolute Gasteiger partial charge is 0.351 e. The second-order valence-corrected chi connectivity index (χ2v) is 3.99. The standard InChI is InChI=1S/C11H13F3N4/c12-11(13,14)8-1-3-18(4-2-8)10-7-16-9(5-15)6-17-10/h1,6-7H,2-5,15H2. The molecule has 0 atom stereocenters. The molecular weight excluding hydrogens is 245 g/mol. The number of nitrogens with zero attached hydrogens (tertiary/aromatic N) is 3. The van der Waals surface area contributed by atoms with E-state index in [2.05, 4.69) is 9.97 Å². The fourth-order valence-corrected chi connectivity index (χ4v) is 1.75. The van der Waals surface area contributed by atoms with Gasteiger partial charge >= 0.3 is 6.18 Å². The van der Waals surface area contributed by atoms with Crippen molar-refractivity contribution in [1.82, 2.24) is 9.97 Å². The van der Waals surface area contributed by atoms with Crippen LogP contribution in [0, 0.1) is 0 Å². The molecule has 0 unspecified atom stereocenters. The van der Waals surface area contributed by atoms with Crippen molar-refractivity contribution >= 4 is 5.82 Å². The van der Waals surface area contributed by atoms with Crippen molar-refractivity contribution in [2.24, 2.45) is 5.73 Å². The normalized spacial score (nSPS) is 16.7. The summed E-state index contributed by atoms with van der Waals surface area (Å²) in [5.41, 5.74) is 5.58. The van der Waals surface area contributed by atoms with Crippen LogP contribution in [0.3, 0.4) is 0 Å². The lowest BCUT2D eigenvalue weighted by molar-refractivity contribution is -0.0944. The molecule has 2 rings (SSSR count). The highest BCUT2D eigenvalue weighted by Gasteiger charge is 2.34. The quantitative estimate of drug-likeness (QED) is 0.819. The summed E-state index contributed by atoms with van der Waals surface area (Å²) in [7, 11) is 0. The van der Waals surface area contributed by atoms with E-state index < -0.39 is 11.7 Å². The van der Waals surface area contributed by atoms with E-state index in [1.54, 1.807) is 11.1 Å². The highest BCUT2D eigenvalue weighted by Crippen LogP contribution is 2.30. The molecule has 0 radical (unpaired) electrons. The van der Waals surface area contributed by atoms with Crippen LogP contribution in [0.25, 0.3) is 0 Å². The van der Waals surface area contributed by atoms with Crippen molar-refractivity contribution < 1.29 is 13.2 Å². The number of hydrogen-bond donors (Lipinski definition) is 1. The van der Waals surface area contributed by atoms with Crippen LogP contribution >= 0.6 is 0 Å². The molecule has 7 heteroatoms. The van der Waals surface area contributed by atoms with Gasteiger partial charge in [0.05, 0.1) is 18.1 Å². The van der Waals surface area contributed by atoms with Crippen LogP contribution in [0.5, 0.6) is 0 Å². The molecule has 0 saturated carbocycles. The van der Waals surface area contributed by atoms with E-state index in [0.717, 1.165) is 0 Å². The predicted octanol–water partition coefficient (Wildman–Crippen LogP) is 1.63. The van der Waals surface area contributed by atoms with Crippen LogP contribution in [-0.4, -0.2) is 29.2 Å². The zero-order chi connectivity index (χ0) is 13.2.